The van der Waals surface area contributed by atoms with Crippen molar-refractivity contribution in [1.82, 2.24) is 9.29 Å². The average molecular weight is 364 g/mol. The third-order valence-electron chi connectivity index (χ3n) is 4.88. The summed E-state index contributed by atoms with van der Waals surface area (Å²) in [5.41, 5.74) is 2.12. The van der Waals surface area contributed by atoms with Crippen molar-refractivity contribution in [2.75, 3.05) is 38.7 Å². The van der Waals surface area contributed by atoms with Gasteiger partial charge in [-0.1, -0.05) is 6.92 Å². The van der Waals surface area contributed by atoms with Crippen LogP contribution in [-0.4, -0.2) is 51.5 Å². The number of anilines is 1. The lowest BCUT2D eigenvalue weighted by Crippen LogP contribution is -2.56. The molecule has 2 N–H and O–H groups in total. The number of hydrogen-bond acceptors (Lipinski definition) is 5. The lowest BCUT2D eigenvalue weighted by Gasteiger charge is -2.50. The van der Waals surface area contributed by atoms with E-state index in [9.17, 15) is 8.42 Å². The molecule has 0 atom stereocenters. The summed E-state index contributed by atoms with van der Waals surface area (Å²) in [6.45, 7) is 4.34. The number of methoxy groups -OCH3 is 1. The Hall–Kier alpha value is -1.90. The maximum atomic E-state index is 11.3. The molecule has 136 valence electrons. The zero-order valence-corrected chi connectivity index (χ0v) is 15.6. The maximum Gasteiger partial charge on any atom is 0.276 e. The molecule has 8 heteroatoms. The minimum atomic E-state index is -3.61. The highest BCUT2D eigenvalue weighted by Gasteiger charge is 2.39. The Balaban J connectivity index is 1.71. The van der Waals surface area contributed by atoms with E-state index >= 15 is 0 Å². The molecule has 0 spiro atoms. The first kappa shape index (κ1) is 17.9. The van der Waals surface area contributed by atoms with Crippen LogP contribution >= 0.6 is 0 Å². The van der Waals surface area contributed by atoms with Gasteiger partial charge in [-0.2, -0.15) is 12.7 Å². The fraction of sp³-hybridized carbons (Fsp3) is 0.471. The van der Waals surface area contributed by atoms with Crippen molar-refractivity contribution < 1.29 is 13.2 Å². The fourth-order valence-electron chi connectivity index (χ4n) is 3.27. The van der Waals surface area contributed by atoms with E-state index in [2.05, 4.69) is 16.8 Å². The molecular formula is C17H24N4O3S. The molecule has 1 aliphatic rings. The number of fused-ring (bicyclic) bond motifs is 1. The number of benzene rings is 1. The molecule has 1 saturated heterocycles. The van der Waals surface area contributed by atoms with E-state index in [-0.39, 0.29) is 5.41 Å². The van der Waals surface area contributed by atoms with Crippen molar-refractivity contribution in [3.63, 3.8) is 0 Å². The Morgan fingerprint density at radius 1 is 1.36 bits per heavy atom. The first-order valence-corrected chi connectivity index (χ1v) is 9.64. The molecular weight excluding hydrogens is 340 g/mol. The minimum absolute atomic E-state index is 0.0705. The largest absolute Gasteiger partial charge is 0.497 e. The van der Waals surface area contributed by atoms with Gasteiger partial charge in [0.1, 0.15) is 5.75 Å². The van der Waals surface area contributed by atoms with Gasteiger partial charge in [-0.25, -0.2) is 5.14 Å². The van der Waals surface area contributed by atoms with E-state index in [4.69, 9.17) is 9.88 Å². The van der Waals surface area contributed by atoms with E-state index in [0.717, 1.165) is 41.9 Å². The highest BCUT2D eigenvalue weighted by molar-refractivity contribution is 7.86. The summed E-state index contributed by atoms with van der Waals surface area (Å²) in [5, 5.41) is 6.23. The Labute approximate surface area is 148 Å². The highest BCUT2D eigenvalue weighted by atomic mass is 32.2. The zero-order chi connectivity index (χ0) is 18.2. The normalized spacial score (nSPS) is 16.9. The van der Waals surface area contributed by atoms with Crippen LogP contribution in [0.4, 0.5) is 5.69 Å². The van der Waals surface area contributed by atoms with Crippen LogP contribution in [0.15, 0.2) is 30.5 Å². The molecule has 0 saturated carbocycles. The van der Waals surface area contributed by atoms with Gasteiger partial charge in [0.25, 0.3) is 10.2 Å². The molecule has 0 aliphatic carbocycles. The zero-order valence-electron chi connectivity index (χ0n) is 14.8. The number of nitrogens with two attached hydrogens (primary N) is 1. The molecule has 3 rings (SSSR count). The van der Waals surface area contributed by atoms with Gasteiger partial charge in [-0.05, 0) is 24.6 Å². The Kier molecular flexibility index (Phi) is 4.61. The van der Waals surface area contributed by atoms with Crippen molar-refractivity contribution in [2.45, 2.75) is 13.3 Å². The van der Waals surface area contributed by atoms with Crippen molar-refractivity contribution in [2.24, 2.45) is 10.6 Å². The molecule has 2 heterocycles. The third-order valence-corrected chi connectivity index (χ3v) is 5.93. The number of hydrogen-bond donors (Lipinski definition) is 1. The van der Waals surface area contributed by atoms with Crippen LogP contribution in [0.2, 0.25) is 0 Å². The van der Waals surface area contributed by atoms with Crippen LogP contribution in [0.25, 0.3) is 10.9 Å². The fourth-order valence-corrected chi connectivity index (χ4v) is 3.62. The predicted octanol–water partition coefficient (Wildman–Crippen LogP) is 1.60. The number of aromatic nitrogens is 1. The van der Waals surface area contributed by atoms with Gasteiger partial charge in [-0.3, -0.25) is 4.98 Å². The lowest BCUT2D eigenvalue weighted by atomic mass is 9.78. The standard InChI is InChI=1S/C17H24N4O3S/c1-17(7-9-20(2)25(18,22)23)11-21(12-17)16-6-8-19-15-10-13(24-3)4-5-14(15)16/h4-6,8,10H,7,9,11-12H2,1-3H3,(H2,18,22,23). The number of rotatable bonds is 6. The first-order valence-electron chi connectivity index (χ1n) is 8.14. The lowest BCUT2D eigenvalue weighted by molar-refractivity contribution is 0.209. The van der Waals surface area contributed by atoms with Gasteiger partial charge in [-0.15, -0.1) is 0 Å². The van der Waals surface area contributed by atoms with Crippen LogP contribution in [0.1, 0.15) is 13.3 Å². The molecule has 0 bridgehead atoms. The van der Waals surface area contributed by atoms with Crippen molar-refractivity contribution in [3.05, 3.63) is 30.5 Å². The topological polar surface area (TPSA) is 88.8 Å². The molecule has 25 heavy (non-hydrogen) atoms. The molecule has 7 nitrogen and oxygen atoms in total. The summed E-state index contributed by atoms with van der Waals surface area (Å²) in [6.07, 6.45) is 2.58. The quantitative estimate of drug-likeness (QED) is 0.841. The van der Waals surface area contributed by atoms with Crippen molar-refractivity contribution in [3.8, 4) is 5.75 Å². The minimum Gasteiger partial charge on any atom is -0.497 e. The summed E-state index contributed by atoms with van der Waals surface area (Å²) >= 11 is 0. The van der Waals surface area contributed by atoms with Gasteiger partial charge < -0.3 is 9.64 Å². The maximum absolute atomic E-state index is 11.3. The van der Waals surface area contributed by atoms with Gasteiger partial charge in [0, 0.05) is 55.4 Å². The second-order valence-corrected chi connectivity index (χ2v) is 8.65. The van der Waals surface area contributed by atoms with Crippen molar-refractivity contribution in [1.29, 1.82) is 0 Å². The molecule has 0 radical (unpaired) electrons. The molecule has 1 aliphatic heterocycles. The molecule has 1 fully saturated rings. The van der Waals surface area contributed by atoms with Gasteiger partial charge in [0.15, 0.2) is 0 Å². The number of nitrogens with zero attached hydrogens (tertiary/aromatic N) is 3. The van der Waals surface area contributed by atoms with Crippen molar-refractivity contribution >= 4 is 26.8 Å². The SMILES string of the molecule is COc1ccc2c(N3CC(C)(CCN(C)S(N)(=O)=O)C3)ccnc2c1. The molecule has 1 aromatic carbocycles. The summed E-state index contributed by atoms with van der Waals surface area (Å²) in [4.78, 5) is 6.72. The van der Waals surface area contributed by atoms with E-state index in [1.807, 2.05) is 30.5 Å². The Bertz CT molecular complexity index is 879. The van der Waals surface area contributed by atoms with Crippen LogP contribution < -0.4 is 14.8 Å². The van der Waals surface area contributed by atoms with Crippen LogP contribution in [-0.2, 0) is 10.2 Å². The Morgan fingerprint density at radius 3 is 2.72 bits per heavy atom. The smallest absolute Gasteiger partial charge is 0.276 e. The predicted molar refractivity (Wildman–Crippen MR) is 99.0 cm³/mol. The summed E-state index contributed by atoms with van der Waals surface area (Å²) < 4.78 is 29.1. The van der Waals surface area contributed by atoms with Crippen LogP contribution in [0, 0.1) is 5.41 Å². The second-order valence-electron chi connectivity index (χ2n) is 7.00. The molecule has 1 aromatic heterocycles. The second kappa shape index (κ2) is 6.44. The van der Waals surface area contributed by atoms with Gasteiger partial charge >= 0.3 is 0 Å². The number of pyridine rings is 1. The monoisotopic (exact) mass is 364 g/mol. The summed E-state index contributed by atoms with van der Waals surface area (Å²) in [7, 11) is -0.455. The van der Waals surface area contributed by atoms with Crippen LogP contribution in [0.5, 0.6) is 5.75 Å². The van der Waals surface area contributed by atoms with E-state index in [1.165, 1.54) is 11.4 Å². The Morgan fingerprint density at radius 2 is 2.08 bits per heavy atom. The number of ether oxygens (including phenoxy) is 1. The van der Waals surface area contributed by atoms with Gasteiger partial charge in [0.05, 0.1) is 12.6 Å². The summed E-state index contributed by atoms with van der Waals surface area (Å²) in [5.74, 6) is 0.789. The molecule has 0 amide bonds. The summed E-state index contributed by atoms with van der Waals surface area (Å²) in [6, 6.07) is 7.91. The van der Waals surface area contributed by atoms with Crippen LogP contribution in [0.3, 0.4) is 0 Å². The molecule has 0 unspecified atom stereocenters. The van der Waals surface area contributed by atoms with Gasteiger partial charge in [0.2, 0.25) is 0 Å². The third kappa shape index (κ3) is 3.70. The average Bonchev–Trinajstić information content (AvgIpc) is 2.55. The highest BCUT2D eigenvalue weighted by Crippen LogP contribution is 2.39. The van der Waals surface area contributed by atoms with E-state index < -0.39 is 10.2 Å². The first-order chi connectivity index (χ1) is 11.7. The van der Waals surface area contributed by atoms with E-state index in [0.29, 0.717) is 6.54 Å². The van der Waals surface area contributed by atoms with E-state index in [1.54, 1.807) is 7.11 Å². The molecule has 2 aromatic rings.